The van der Waals surface area contributed by atoms with Crippen molar-refractivity contribution >= 4 is 11.6 Å². The van der Waals surface area contributed by atoms with Gasteiger partial charge >= 0.3 is 0 Å². The number of hydrogen-bond acceptors (Lipinski definition) is 1. The minimum atomic E-state index is 0.663. The first-order chi connectivity index (χ1) is 6.38. The lowest BCUT2D eigenvalue weighted by Crippen LogP contribution is -2.36. The monoisotopic (exact) mass is 203 g/mol. The van der Waals surface area contributed by atoms with Gasteiger partial charge in [0.05, 0.1) is 0 Å². The summed E-state index contributed by atoms with van der Waals surface area (Å²) in [6, 6.07) is 0.663. The Labute approximate surface area is 87.4 Å². The number of rotatable bonds is 4. The number of alkyl halides is 1. The van der Waals surface area contributed by atoms with Gasteiger partial charge in [-0.1, -0.05) is 26.2 Å². The molecule has 0 radical (unpaired) electrons. The average Bonchev–Trinajstić information content (AvgIpc) is 2.39. The number of hydrogen-bond donors (Lipinski definition) is 0. The van der Waals surface area contributed by atoms with Crippen LogP contribution in [0.15, 0.2) is 0 Å². The molecule has 1 fully saturated rings. The van der Waals surface area contributed by atoms with Crippen LogP contribution in [0.25, 0.3) is 0 Å². The van der Waals surface area contributed by atoms with E-state index in [2.05, 4.69) is 11.8 Å². The Bertz CT molecular complexity index is 127. The highest BCUT2D eigenvalue weighted by Crippen LogP contribution is 2.18. The predicted molar refractivity (Wildman–Crippen MR) is 59.5 cm³/mol. The molecule has 0 aromatic rings. The van der Waals surface area contributed by atoms with Crippen LogP contribution in [0.5, 0.6) is 0 Å². The summed E-state index contributed by atoms with van der Waals surface area (Å²) in [5, 5.41) is 0. The topological polar surface area (TPSA) is 3.24 Å². The summed E-state index contributed by atoms with van der Waals surface area (Å²) < 4.78 is 0. The van der Waals surface area contributed by atoms with E-state index >= 15 is 0 Å². The van der Waals surface area contributed by atoms with Crippen molar-refractivity contribution in [2.45, 2.75) is 51.5 Å². The Balaban J connectivity index is 2.34. The Kier molecular flexibility index (Phi) is 5.81. The Morgan fingerprint density at radius 3 is 2.85 bits per heavy atom. The second kappa shape index (κ2) is 6.67. The van der Waals surface area contributed by atoms with E-state index in [1.807, 2.05) is 0 Å². The van der Waals surface area contributed by atoms with E-state index in [-0.39, 0.29) is 0 Å². The van der Waals surface area contributed by atoms with Crippen LogP contribution in [0.2, 0.25) is 0 Å². The highest BCUT2D eigenvalue weighted by molar-refractivity contribution is 6.18. The van der Waals surface area contributed by atoms with E-state index in [1.165, 1.54) is 51.6 Å². The van der Waals surface area contributed by atoms with Crippen molar-refractivity contribution in [3.05, 3.63) is 0 Å². The van der Waals surface area contributed by atoms with Crippen LogP contribution < -0.4 is 0 Å². The molecule has 1 aliphatic rings. The molecule has 13 heavy (non-hydrogen) atoms. The predicted octanol–water partition coefficient (Wildman–Crippen LogP) is 3.27. The highest BCUT2D eigenvalue weighted by Gasteiger charge is 2.18. The fraction of sp³-hybridized carbons (Fsp3) is 1.00. The molecule has 0 bridgehead atoms. The van der Waals surface area contributed by atoms with Crippen molar-refractivity contribution in [1.29, 1.82) is 0 Å². The minimum Gasteiger partial charge on any atom is -0.299 e. The van der Waals surface area contributed by atoms with Gasteiger partial charge in [0.25, 0.3) is 0 Å². The molecule has 0 saturated carbocycles. The van der Waals surface area contributed by atoms with Crippen LogP contribution >= 0.6 is 11.6 Å². The first kappa shape index (κ1) is 11.3. The summed E-state index contributed by atoms with van der Waals surface area (Å²) in [5.41, 5.74) is 0. The van der Waals surface area contributed by atoms with E-state index in [9.17, 15) is 0 Å². The van der Waals surface area contributed by atoms with Crippen LogP contribution in [0.1, 0.15) is 45.4 Å². The van der Waals surface area contributed by atoms with Crippen LogP contribution in [-0.2, 0) is 0 Å². The lowest BCUT2D eigenvalue weighted by atomic mass is 10.1. The number of likely N-dealkylation sites (tertiary alicyclic amines) is 1. The number of nitrogens with zero attached hydrogens (tertiary/aromatic N) is 1. The molecular formula is C11H22ClN. The molecular weight excluding hydrogens is 182 g/mol. The summed E-state index contributed by atoms with van der Waals surface area (Å²) >= 11 is 5.98. The molecule has 1 nitrogen and oxygen atoms in total. The van der Waals surface area contributed by atoms with E-state index in [0.29, 0.717) is 6.04 Å². The fourth-order valence-corrected chi connectivity index (χ4v) is 2.42. The molecule has 0 amide bonds. The molecule has 2 heteroatoms. The Morgan fingerprint density at radius 2 is 2.15 bits per heavy atom. The minimum absolute atomic E-state index is 0.663. The van der Waals surface area contributed by atoms with Crippen molar-refractivity contribution in [3.8, 4) is 0 Å². The molecule has 78 valence electrons. The van der Waals surface area contributed by atoms with Crippen LogP contribution in [0.4, 0.5) is 0 Å². The third-order valence-corrected chi connectivity index (χ3v) is 3.33. The van der Waals surface area contributed by atoms with E-state index in [0.717, 1.165) is 5.88 Å². The van der Waals surface area contributed by atoms with Gasteiger partial charge in [-0.25, -0.2) is 0 Å². The number of unbranched alkanes of at least 4 members (excludes halogenated alkanes) is 1. The van der Waals surface area contributed by atoms with Crippen molar-refractivity contribution in [1.82, 2.24) is 4.90 Å². The highest BCUT2D eigenvalue weighted by atomic mass is 35.5. The van der Waals surface area contributed by atoms with Gasteiger partial charge in [0.15, 0.2) is 0 Å². The zero-order valence-corrected chi connectivity index (χ0v) is 9.52. The molecule has 1 atom stereocenters. The molecule has 0 aromatic heterocycles. The fourth-order valence-electron chi connectivity index (χ4n) is 2.07. The first-order valence-corrected chi connectivity index (χ1v) is 6.22. The SMILES string of the molecule is CCCCN1CCCCCC1CCl. The van der Waals surface area contributed by atoms with Crippen molar-refractivity contribution in [2.75, 3.05) is 19.0 Å². The molecule has 1 aliphatic heterocycles. The summed E-state index contributed by atoms with van der Waals surface area (Å²) in [6.07, 6.45) is 8.08. The maximum atomic E-state index is 5.98. The summed E-state index contributed by atoms with van der Waals surface area (Å²) in [6.45, 7) is 4.79. The van der Waals surface area contributed by atoms with Crippen molar-refractivity contribution in [3.63, 3.8) is 0 Å². The molecule has 1 rings (SSSR count). The zero-order valence-electron chi connectivity index (χ0n) is 8.77. The third-order valence-electron chi connectivity index (χ3n) is 2.98. The number of halogens is 1. The molecule has 1 unspecified atom stereocenters. The summed E-state index contributed by atoms with van der Waals surface area (Å²) in [7, 11) is 0. The maximum absolute atomic E-state index is 5.98. The normalized spacial score (nSPS) is 25.8. The molecule has 0 aliphatic carbocycles. The second-order valence-corrected chi connectivity index (χ2v) is 4.36. The van der Waals surface area contributed by atoms with Gasteiger partial charge < -0.3 is 0 Å². The van der Waals surface area contributed by atoms with Gasteiger partial charge in [-0.3, -0.25) is 4.90 Å². The Morgan fingerprint density at radius 1 is 1.31 bits per heavy atom. The standard InChI is InChI=1S/C11H22ClN/c1-2-3-8-13-9-6-4-5-7-11(13)10-12/h11H,2-10H2,1H3. The molecule has 0 N–H and O–H groups in total. The van der Waals surface area contributed by atoms with E-state index in [1.54, 1.807) is 0 Å². The quantitative estimate of drug-likeness (QED) is 0.634. The van der Waals surface area contributed by atoms with Gasteiger partial charge in [0.2, 0.25) is 0 Å². The van der Waals surface area contributed by atoms with Gasteiger partial charge in [0, 0.05) is 11.9 Å². The third kappa shape index (κ3) is 3.86. The van der Waals surface area contributed by atoms with Crippen LogP contribution in [-0.4, -0.2) is 29.9 Å². The zero-order chi connectivity index (χ0) is 9.52. The van der Waals surface area contributed by atoms with Crippen LogP contribution in [0, 0.1) is 0 Å². The molecule has 0 spiro atoms. The lowest BCUT2D eigenvalue weighted by molar-refractivity contribution is 0.213. The van der Waals surface area contributed by atoms with Gasteiger partial charge in [-0.15, -0.1) is 11.6 Å². The van der Waals surface area contributed by atoms with Gasteiger partial charge in [-0.2, -0.15) is 0 Å². The van der Waals surface area contributed by atoms with E-state index in [4.69, 9.17) is 11.6 Å². The molecule has 0 aromatic carbocycles. The second-order valence-electron chi connectivity index (χ2n) is 4.05. The van der Waals surface area contributed by atoms with Gasteiger partial charge in [-0.05, 0) is 32.4 Å². The maximum Gasteiger partial charge on any atom is 0.0379 e. The van der Waals surface area contributed by atoms with Crippen LogP contribution in [0.3, 0.4) is 0 Å². The first-order valence-electron chi connectivity index (χ1n) is 5.68. The van der Waals surface area contributed by atoms with Gasteiger partial charge in [0.1, 0.15) is 0 Å². The lowest BCUT2D eigenvalue weighted by Gasteiger charge is -2.28. The average molecular weight is 204 g/mol. The molecule has 1 saturated heterocycles. The van der Waals surface area contributed by atoms with E-state index < -0.39 is 0 Å². The van der Waals surface area contributed by atoms with Crippen molar-refractivity contribution < 1.29 is 0 Å². The summed E-state index contributed by atoms with van der Waals surface area (Å²) in [5.74, 6) is 0.823. The summed E-state index contributed by atoms with van der Waals surface area (Å²) in [4.78, 5) is 2.60. The Hall–Kier alpha value is 0.250. The smallest absolute Gasteiger partial charge is 0.0379 e. The van der Waals surface area contributed by atoms with Crippen molar-refractivity contribution in [2.24, 2.45) is 0 Å². The molecule has 1 heterocycles. The largest absolute Gasteiger partial charge is 0.299 e.